The summed E-state index contributed by atoms with van der Waals surface area (Å²) < 4.78 is 19.2. The molecular weight excluding hydrogens is 393 g/mol. The number of hydrogen-bond donors (Lipinski definition) is 1. The fourth-order valence-corrected chi connectivity index (χ4v) is 4.06. The van der Waals surface area contributed by atoms with Gasteiger partial charge in [0.15, 0.2) is 0 Å². The van der Waals surface area contributed by atoms with Crippen molar-refractivity contribution in [2.75, 3.05) is 11.5 Å². The second kappa shape index (κ2) is 7.72. The molecule has 3 aromatic carbocycles. The molecule has 154 valence electrons. The quantitative estimate of drug-likeness (QED) is 0.479. The van der Waals surface area contributed by atoms with Crippen LogP contribution in [0.1, 0.15) is 34.6 Å². The van der Waals surface area contributed by atoms with Gasteiger partial charge in [-0.25, -0.2) is 4.39 Å². The topological polar surface area (TPSA) is 58.2 Å². The zero-order valence-electron chi connectivity index (χ0n) is 16.9. The molecule has 6 heteroatoms. The van der Waals surface area contributed by atoms with Gasteiger partial charge in [0.25, 0.3) is 5.91 Å². The van der Waals surface area contributed by atoms with Crippen LogP contribution in [0.4, 0.5) is 10.1 Å². The maximum atomic E-state index is 13.6. The summed E-state index contributed by atoms with van der Waals surface area (Å²) in [4.78, 5) is 15.1. The Morgan fingerprint density at radius 1 is 1.00 bits per heavy atom. The second-order valence-corrected chi connectivity index (χ2v) is 7.28. The molecule has 0 unspecified atom stereocenters. The fraction of sp³-hybridized carbons (Fsp3) is 0.120. The van der Waals surface area contributed by atoms with Crippen molar-refractivity contribution < 1.29 is 13.9 Å². The summed E-state index contributed by atoms with van der Waals surface area (Å²) in [6, 6.07) is 22.9. The Balaban J connectivity index is 1.66. The van der Waals surface area contributed by atoms with Crippen molar-refractivity contribution in [3.8, 4) is 17.0 Å². The molecule has 1 aromatic heterocycles. The van der Waals surface area contributed by atoms with Gasteiger partial charge in [0.05, 0.1) is 18.3 Å². The van der Waals surface area contributed by atoms with Gasteiger partial charge >= 0.3 is 0 Å². The van der Waals surface area contributed by atoms with Crippen molar-refractivity contribution in [2.45, 2.75) is 13.0 Å². The van der Waals surface area contributed by atoms with Gasteiger partial charge in [0, 0.05) is 16.8 Å². The highest BCUT2D eigenvalue weighted by molar-refractivity contribution is 6.11. The molecule has 0 radical (unpaired) electrons. The molecule has 0 fully saturated rings. The molecule has 0 spiro atoms. The van der Waals surface area contributed by atoms with E-state index in [1.807, 2.05) is 61.5 Å². The molecule has 0 saturated heterocycles. The summed E-state index contributed by atoms with van der Waals surface area (Å²) in [5, 5.41) is 7.41. The zero-order valence-corrected chi connectivity index (χ0v) is 16.9. The number of nitrogens with one attached hydrogen (secondary N) is 1. The predicted octanol–water partition coefficient (Wildman–Crippen LogP) is 5.36. The highest BCUT2D eigenvalue weighted by Crippen LogP contribution is 2.45. The third-order valence-corrected chi connectivity index (χ3v) is 5.43. The van der Waals surface area contributed by atoms with E-state index in [0.717, 1.165) is 28.1 Å². The van der Waals surface area contributed by atoms with Gasteiger partial charge in [-0.15, -0.1) is 0 Å². The van der Waals surface area contributed by atoms with E-state index < -0.39 is 6.04 Å². The van der Waals surface area contributed by atoms with Crippen LogP contribution in [0, 0.1) is 5.82 Å². The van der Waals surface area contributed by atoms with E-state index in [1.165, 1.54) is 12.1 Å². The number of hydrogen-bond acceptors (Lipinski definition) is 3. The maximum absolute atomic E-state index is 13.6. The van der Waals surface area contributed by atoms with E-state index in [-0.39, 0.29) is 11.7 Å². The molecule has 4 aromatic rings. The van der Waals surface area contributed by atoms with Crippen LogP contribution in [0.3, 0.4) is 0 Å². The lowest BCUT2D eigenvalue weighted by molar-refractivity contribution is 0.0989. The Kier molecular flexibility index (Phi) is 4.75. The van der Waals surface area contributed by atoms with Crippen LogP contribution >= 0.6 is 0 Å². The summed E-state index contributed by atoms with van der Waals surface area (Å²) in [5.74, 6) is 0.286. The van der Waals surface area contributed by atoms with Crippen LogP contribution in [0.15, 0.2) is 78.9 Å². The van der Waals surface area contributed by atoms with Gasteiger partial charge < -0.3 is 4.74 Å². The number of aromatic nitrogens is 2. The molecule has 1 aliphatic heterocycles. The largest absolute Gasteiger partial charge is 0.494 e. The summed E-state index contributed by atoms with van der Waals surface area (Å²) in [7, 11) is 0. The van der Waals surface area contributed by atoms with E-state index in [4.69, 9.17) is 4.74 Å². The number of para-hydroxylation sites is 1. The predicted molar refractivity (Wildman–Crippen MR) is 117 cm³/mol. The minimum Gasteiger partial charge on any atom is -0.494 e. The highest BCUT2D eigenvalue weighted by Gasteiger charge is 2.43. The average molecular weight is 413 g/mol. The standard InChI is InChI=1S/C25H20FN3O2/c1-2-31-20-14-10-16(11-15-20)22-21-23(28-27-22)25(30)29(19-6-4-3-5-7-19)24(21)17-8-12-18(26)13-9-17/h3-15,24H,2H2,1H3,(H,27,28)/t24-/m0/s1. The lowest BCUT2D eigenvalue weighted by Crippen LogP contribution is -2.29. The first-order valence-electron chi connectivity index (χ1n) is 10.1. The maximum Gasteiger partial charge on any atom is 0.277 e. The first kappa shape index (κ1) is 19.1. The summed E-state index contributed by atoms with van der Waals surface area (Å²) in [5.41, 5.74) is 4.37. The number of carbonyl (C=O) groups is 1. The van der Waals surface area contributed by atoms with Crippen LogP contribution < -0.4 is 9.64 Å². The monoisotopic (exact) mass is 413 g/mol. The number of nitrogens with zero attached hydrogens (tertiary/aromatic N) is 2. The molecule has 5 nitrogen and oxygen atoms in total. The minimum atomic E-state index is -0.425. The van der Waals surface area contributed by atoms with Crippen LogP contribution in [0.2, 0.25) is 0 Å². The molecular formula is C25H20FN3O2. The number of aromatic amines is 1. The lowest BCUT2D eigenvalue weighted by atomic mass is 9.96. The SMILES string of the molecule is CCOc1ccc(-c2n[nH]c3c2[C@H](c2ccc(F)cc2)N(c2ccccc2)C3=O)cc1. The van der Waals surface area contributed by atoms with E-state index >= 15 is 0 Å². The van der Waals surface area contributed by atoms with Gasteiger partial charge in [-0.1, -0.05) is 30.3 Å². The number of carbonyl (C=O) groups excluding carboxylic acids is 1. The van der Waals surface area contributed by atoms with Crippen molar-refractivity contribution in [2.24, 2.45) is 0 Å². The van der Waals surface area contributed by atoms with E-state index in [1.54, 1.807) is 17.0 Å². The van der Waals surface area contributed by atoms with Gasteiger partial charge in [0.2, 0.25) is 0 Å². The second-order valence-electron chi connectivity index (χ2n) is 7.28. The van der Waals surface area contributed by atoms with Crippen LogP contribution in [-0.2, 0) is 0 Å². The molecule has 1 N–H and O–H groups in total. The summed E-state index contributed by atoms with van der Waals surface area (Å²) >= 11 is 0. The molecule has 1 aliphatic rings. The fourth-order valence-electron chi connectivity index (χ4n) is 4.06. The molecule has 5 rings (SSSR count). The van der Waals surface area contributed by atoms with Gasteiger partial charge in [-0.05, 0) is 61.0 Å². The van der Waals surface area contributed by atoms with Gasteiger partial charge in [-0.2, -0.15) is 5.10 Å². The van der Waals surface area contributed by atoms with Gasteiger partial charge in [-0.3, -0.25) is 14.8 Å². The summed E-state index contributed by atoms with van der Waals surface area (Å²) in [6.45, 7) is 2.52. The Labute approximate surface area is 179 Å². The van der Waals surface area contributed by atoms with Crippen molar-refractivity contribution in [1.29, 1.82) is 0 Å². The van der Waals surface area contributed by atoms with E-state index in [9.17, 15) is 9.18 Å². The average Bonchev–Trinajstić information content (AvgIpc) is 3.35. The molecule has 2 heterocycles. The molecule has 31 heavy (non-hydrogen) atoms. The molecule has 1 atom stereocenters. The third-order valence-electron chi connectivity index (χ3n) is 5.43. The van der Waals surface area contributed by atoms with E-state index in [0.29, 0.717) is 18.0 Å². The third kappa shape index (κ3) is 3.26. The minimum absolute atomic E-state index is 0.166. The number of benzene rings is 3. The van der Waals surface area contributed by atoms with Crippen molar-refractivity contribution >= 4 is 11.6 Å². The van der Waals surface area contributed by atoms with Crippen LogP contribution in [0.5, 0.6) is 5.75 Å². The number of rotatable bonds is 5. The first-order valence-corrected chi connectivity index (χ1v) is 10.1. The van der Waals surface area contributed by atoms with Crippen molar-refractivity contribution in [3.63, 3.8) is 0 Å². The van der Waals surface area contributed by atoms with Gasteiger partial charge in [0.1, 0.15) is 17.3 Å². The summed E-state index contributed by atoms with van der Waals surface area (Å²) in [6.07, 6.45) is 0. The molecule has 0 aliphatic carbocycles. The van der Waals surface area contributed by atoms with Crippen LogP contribution in [0.25, 0.3) is 11.3 Å². The Hall–Kier alpha value is -3.93. The normalized spacial score (nSPS) is 15.2. The first-order chi connectivity index (χ1) is 15.2. The number of anilines is 1. The van der Waals surface area contributed by atoms with Crippen LogP contribution in [-0.4, -0.2) is 22.7 Å². The number of halogens is 1. The number of H-pyrrole nitrogens is 1. The Bertz CT molecular complexity index is 1220. The molecule has 0 bridgehead atoms. The number of fused-ring (bicyclic) bond motifs is 1. The molecule has 1 amide bonds. The number of amides is 1. The molecule has 0 saturated carbocycles. The Morgan fingerprint density at radius 2 is 1.71 bits per heavy atom. The van der Waals surface area contributed by atoms with Crippen molar-refractivity contribution in [3.05, 3.63) is 102 Å². The zero-order chi connectivity index (χ0) is 21.4. The Morgan fingerprint density at radius 3 is 2.39 bits per heavy atom. The number of ether oxygens (including phenoxy) is 1. The van der Waals surface area contributed by atoms with E-state index in [2.05, 4.69) is 10.2 Å². The smallest absolute Gasteiger partial charge is 0.277 e. The lowest BCUT2D eigenvalue weighted by Gasteiger charge is -2.26. The van der Waals surface area contributed by atoms with Crippen molar-refractivity contribution in [1.82, 2.24) is 10.2 Å². The highest BCUT2D eigenvalue weighted by atomic mass is 19.1.